The Kier molecular flexibility index (Phi) is 18.9. The number of carbonyl (C=O) groups is 2. The molecule has 1 fully saturated rings. The summed E-state index contributed by atoms with van der Waals surface area (Å²) in [4.78, 5) is 27.5. The standard InChI is InChI=1S/C25H34FN3O2.C12H24O2/c1-19(2)18-31-24-10-6-20(7-11-24)16-27-25(30)29(23-12-14-28(3)15-13-23)17-21-4-8-22(26)9-5-21;1-2-3-4-5-6-7-8-9-10-11-12(13)14/h4-11,19,23H,12-18H2,1-3H3,(H,27,30);2-11H2,1H3,(H,13,14). The van der Waals surface area contributed by atoms with Crippen molar-refractivity contribution in [3.63, 3.8) is 0 Å². The highest BCUT2D eigenvalue weighted by atomic mass is 19.1. The van der Waals surface area contributed by atoms with Gasteiger partial charge < -0.3 is 25.0 Å². The van der Waals surface area contributed by atoms with Crippen LogP contribution in [0.5, 0.6) is 5.75 Å². The van der Waals surface area contributed by atoms with Crippen molar-refractivity contribution in [2.24, 2.45) is 5.92 Å². The van der Waals surface area contributed by atoms with Crippen LogP contribution < -0.4 is 10.1 Å². The largest absolute Gasteiger partial charge is 0.493 e. The molecule has 7 nitrogen and oxygen atoms in total. The van der Waals surface area contributed by atoms with Crippen LogP contribution in [0.15, 0.2) is 48.5 Å². The number of carboxylic acids is 1. The van der Waals surface area contributed by atoms with Crippen LogP contribution in [0.3, 0.4) is 0 Å². The SMILES string of the molecule is CC(C)COc1ccc(CNC(=O)N(Cc2ccc(F)cc2)C2CCN(C)CC2)cc1.CCCCCCCCCCCC(=O)O. The minimum atomic E-state index is -0.659. The number of nitrogens with one attached hydrogen (secondary N) is 1. The fourth-order valence-electron chi connectivity index (χ4n) is 5.29. The molecule has 1 heterocycles. The predicted octanol–water partition coefficient (Wildman–Crippen LogP) is 8.66. The fraction of sp³-hybridized carbons (Fsp3) is 0.622. The molecule has 45 heavy (non-hydrogen) atoms. The van der Waals surface area contributed by atoms with Crippen molar-refractivity contribution in [2.75, 3.05) is 26.7 Å². The van der Waals surface area contributed by atoms with E-state index in [-0.39, 0.29) is 17.9 Å². The third-order valence-electron chi connectivity index (χ3n) is 8.10. The first-order valence-corrected chi connectivity index (χ1v) is 17.1. The molecule has 1 aliphatic rings. The number of halogens is 1. The third-order valence-corrected chi connectivity index (χ3v) is 8.10. The molecule has 0 aromatic heterocycles. The predicted molar refractivity (Wildman–Crippen MR) is 181 cm³/mol. The molecule has 2 aromatic carbocycles. The van der Waals surface area contributed by atoms with Gasteiger partial charge in [0.05, 0.1) is 6.61 Å². The summed E-state index contributed by atoms with van der Waals surface area (Å²) in [6.07, 6.45) is 13.4. The van der Waals surface area contributed by atoms with Gasteiger partial charge in [0.2, 0.25) is 0 Å². The number of hydrogen-bond donors (Lipinski definition) is 2. The van der Waals surface area contributed by atoms with Gasteiger partial charge in [-0.05, 0) is 80.7 Å². The topological polar surface area (TPSA) is 82.1 Å². The molecule has 1 saturated heterocycles. The molecule has 252 valence electrons. The molecular weight excluding hydrogens is 569 g/mol. The Morgan fingerprint density at radius 3 is 2.02 bits per heavy atom. The van der Waals surface area contributed by atoms with E-state index >= 15 is 0 Å². The summed E-state index contributed by atoms with van der Waals surface area (Å²) in [6, 6.07) is 14.3. The highest BCUT2D eigenvalue weighted by Gasteiger charge is 2.27. The van der Waals surface area contributed by atoms with E-state index in [0.29, 0.717) is 32.0 Å². The van der Waals surface area contributed by atoms with Gasteiger partial charge in [0.15, 0.2) is 0 Å². The lowest BCUT2D eigenvalue weighted by molar-refractivity contribution is -0.137. The molecule has 0 atom stereocenters. The van der Waals surface area contributed by atoms with Gasteiger partial charge in [0, 0.05) is 25.6 Å². The van der Waals surface area contributed by atoms with Crippen molar-refractivity contribution in [3.05, 3.63) is 65.5 Å². The summed E-state index contributed by atoms with van der Waals surface area (Å²) >= 11 is 0. The first-order valence-electron chi connectivity index (χ1n) is 17.1. The second kappa shape index (κ2) is 22.4. The second-order valence-corrected chi connectivity index (χ2v) is 12.8. The van der Waals surface area contributed by atoms with Crippen LogP contribution in [-0.4, -0.2) is 59.7 Å². The molecule has 0 spiro atoms. The van der Waals surface area contributed by atoms with E-state index in [1.165, 1.54) is 57.1 Å². The zero-order valence-corrected chi connectivity index (χ0v) is 28.2. The molecular formula is C37H58FN3O4. The van der Waals surface area contributed by atoms with E-state index in [9.17, 15) is 14.0 Å². The lowest BCUT2D eigenvalue weighted by atomic mass is 10.0. The minimum Gasteiger partial charge on any atom is -0.493 e. The molecule has 3 rings (SSSR count). The number of carbonyl (C=O) groups excluding carboxylic acids is 1. The van der Waals surface area contributed by atoms with Gasteiger partial charge in [-0.25, -0.2) is 9.18 Å². The Morgan fingerprint density at radius 1 is 0.911 bits per heavy atom. The maximum Gasteiger partial charge on any atom is 0.318 e. The molecule has 0 aliphatic carbocycles. The summed E-state index contributed by atoms with van der Waals surface area (Å²) in [5, 5.41) is 11.5. The molecule has 2 N–H and O–H groups in total. The van der Waals surface area contributed by atoms with Gasteiger partial charge >= 0.3 is 12.0 Å². The van der Waals surface area contributed by atoms with E-state index in [1.807, 2.05) is 29.2 Å². The number of aliphatic carboxylic acids is 1. The van der Waals surface area contributed by atoms with Crippen molar-refractivity contribution in [3.8, 4) is 5.75 Å². The van der Waals surface area contributed by atoms with Crippen LogP contribution in [0, 0.1) is 11.7 Å². The number of amides is 2. The zero-order chi connectivity index (χ0) is 32.9. The number of piperidine rings is 1. The highest BCUT2D eigenvalue weighted by Crippen LogP contribution is 2.20. The Balaban J connectivity index is 0.000000426. The number of rotatable bonds is 18. The minimum absolute atomic E-state index is 0.0842. The number of urea groups is 1. The number of ether oxygens (including phenoxy) is 1. The Hall–Kier alpha value is -3.13. The number of hydrogen-bond acceptors (Lipinski definition) is 4. The van der Waals surface area contributed by atoms with E-state index < -0.39 is 5.97 Å². The van der Waals surface area contributed by atoms with E-state index in [0.717, 1.165) is 55.6 Å². The second-order valence-electron chi connectivity index (χ2n) is 12.8. The Bertz CT molecular complexity index is 1070. The number of benzene rings is 2. The van der Waals surface area contributed by atoms with Gasteiger partial charge in [0.25, 0.3) is 0 Å². The summed E-state index contributed by atoms with van der Waals surface area (Å²) < 4.78 is 19.0. The van der Waals surface area contributed by atoms with Crippen LogP contribution >= 0.6 is 0 Å². The van der Waals surface area contributed by atoms with Gasteiger partial charge in [-0.15, -0.1) is 0 Å². The number of carboxylic acid groups (broad SMARTS) is 1. The quantitative estimate of drug-likeness (QED) is 0.162. The normalized spacial score (nSPS) is 13.6. The average Bonchev–Trinajstić information content (AvgIpc) is 3.03. The summed E-state index contributed by atoms with van der Waals surface area (Å²) in [5.41, 5.74) is 1.96. The molecule has 8 heteroatoms. The lowest BCUT2D eigenvalue weighted by Gasteiger charge is -2.37. The summed E-state index contributed by atoms with van der Waals surface area (Å²) in [6.45, 7) is 10.0. The van der Waals surface area contributed by atoms with Crippen LogP contribution in [-0.2, 0) is 17.9 Å². The Labute approximate surface area is 271 Å². The maximum atomic E-state index is 13.3. The summed E-state index contributed by atoms with van der Waals surface area (Å²) in [7, 11) is 2.11. The first kappa shape index (κ1) is 38.1. The van der Waals surface area contributed by atoms with Crippen molar-refractivity contribution in [2.45, 2.75) is 117 Å². The maximum absolute atomic E-state index is 13.3. The van der Waals surface area contributed by atoms with E-state index in [2.05, 4.69) is 38.0 Å². The fourth-order valence-corrected chi connectivity index (χ4v) is 5.29. The van der Waals surface area contributed by atoms with E-state index in [4.69, 9.17) is 9.84 Å². The van der Waals surface area contributed by atoms with Gasteiger partial charge in [-0.2, -0.15) is 0 Å². The first-order chi connectivity index (χ1) is 21.7. The number of likely N-dealkylation sites (tertiary alicyclic amines) is 1. The van der Waals surface area contributed by atoms with Crippen molar-refractivity contribution in [1.29, 1.82) is 0 Å². The van der Waals surface area contributed by atoms with Gasteiger partial charge in [-0.1, -0.05) is 96.4 Å². The highest BCUT2D eigenvalue weighted by molar-refractivity contribution is 5.74. The number of nitrogens with zero attached hydrogens (tertiary/aromatic N) is 2. The van der Waals surface area contributed by atoms with Crippen LogP contribution in [0.2, 0.25) is 0 Å². The van der Waals surface area contributed by atoms with Crippen molar-refractivity contribution >= 4 is 12.0 Å². The molecule has 1 aliphatic heterocycles. The van der Waals surface area contributed by atoms with E-state index in [1.54, 1.807) is 12.1 Å². The lowest BCUT2D eigenvalue weighted by Crippen LogP contribution is -2.49. The molecule has 0 radical (unpaired) electrons. The molecule has 2 aromatic rings. The molecule has 0 saturated carbocycles. The zero-order valence-electron chi connectivity index (χ0n) is 28.2. The Morgan fingerprint density at radius 2 is 1.47 bits per heavy atom. The number of unbranched alkanes of at least 4 members (excludes halogenated alkanes) is 8. The van der Waals surface area contributed by atoms with Gasteiger partial charge in [0.1, 0.15) is 11.6 Å². The van der Waals surface area contributed by atoms with Crippen molar-refractivity contribution < 1.29 is 23.8 Å². The molecule has 2 amide bonds. The molecule has 0 unspecified atom stereocenters. The third kappa shape index (κ3) is 17.2. The monoisotopic (exact) mass is 627 g/mol. The van der Waals surface area contributed by atoms with Gasteiger partial charge in [-0.3, -0.25) is 4.79 Å². The van der Waals surface area contributed by atoms with Crippen LogP contribution in [0.1, 0.15) is 109 Å². The van der Waals surface area contributed by atoms with Crippen LogP contribution in [0.4, 0.5) is 9.18 Å². The molecule has 0 bridgehead atoms. The smallest absolute Gasteiger partial charge is 0.318 e. The van der Waals surface area contributed by atoms with Crippen LogP contribution in [0.25, 0.3) is 0 Å². The van der Waals surface area contributed by atoms with Crippen molar-refractivity contribution in [1.82, 2.24) is 15.1 Å². The summed E-state index contributed by atoms with van der Waals surface area (Å²) in [5.74, 6) is 0.395. The average molecular weight is 628 g/mol.